The van der Waals surface area contributed by atoms with Crippen molar-refractivity contribution < 1.29 is 9.53 Å². The number of esters is 1. The number of carbonyl (C=O) groups excluding carboxylic acids is 1. The molecule has 2 heteroatoms. The van der Waals surface area contributed by atoms with E-state index in [2.05, 4.69) is 71.9 Å². The van der Waals surface area contributed by atoms with Crippen molar-refractivity contribution >= 4 is 5.97 Å². The number of rotatable bonds is 34. The highest BCUT2D eigenvalue weighted by Crippen LogP contribution is 2.67. The van der Waals surface area contributed by atoms with Gasteiger partial charge >= 0.3 is 5.97 Å². The molecule has 0 aliphatic heterocycles. The Morgan fingerprint density at radius 1 is 0.639 bits per heavy atom. The van der Waals surface area contributed by atoms with Crippen molar-refractivity contribution in [3.05, 3.63) is 36.0 Å². The number of hydrogen-bond acceptors (Lipinski definition) is 2. The van der Waals surface area contributed by atoms with Crippen LogP contribution in [0.3, 0.4) is 0 Å². The molecule has 0 bridgehead atoms. The average Bonchev–Trinajstić information content (AvgIpc) is 3.60. The molecule has 4 rings (SSSR count). The summed E-state index contributed by atoms with van der Waals surface area (Å²) in [6.07, 6.45) is 61.2. The molecular formula is C59H104O2. The van der Waals surface area contributed by atoms with Crippen LogP contribution in [0.1, 0.15) is 279 Å². The molecule has 0 heterocycles. The van der Waals surface area contributed by atoms with E-state index in [-0.39, 0.29) is 12.1 Å². The number of fused-ring (bicyclic) bond motifs is 5. The van der Waals surface area contributed by atoms with Crippen molar-refractivity contribution in [1.82, 2.24) is 0 Å². The molecule has 0 radical (unpaired) electrons. The molecule has 352 valence electrons. The second kappa shape index (κ2) is 30.0. The maximum Gasteiger partial charge on any atom is 0.306 e. The largest absolute Gasteiger partial charge is 0.462 e. The summed E-state index contributed by atoms with van der Waals surface area (Å²) in [7, 11) is 0. The molecule has 4 aliphatic rings. The highest BCUT2D eigenvalue weighted by Gasteiger charge is 2.59. The lowest BCUT2D eigenvalue weighted by Gasteiger charge is -2.58. The first-order valence-electron chi connectivity index (χ1n) is 27.9. The van der Waals surface area contributed by atoms with Gasteiger partial charge in [-0.05, 0) is 130 Å². The van der Waals surface area contributed by atoms with Crippen LogP contribution in [0.25, 0.3) is 0 Å². The van der Waals surface area contributed by atoms with E-state index in [9.17, 15) is 4.79 Å². The lowest BCUT2D eigenvalue weighted by Crippen LogP contribution is -2.51. The van der Waals surface area contributed by atoms with E-state index in [0.29, 0.717) is 17.3 Å². The molecule has 61 heavy (non-hydrogen) atoms. The molecule has 0 aromatic heterocycles. The molecule has 3 fully saturated rings. The van der Waals surface area contributed by atoms with E-state index in [1.807, 2.05) is 0 Å². The Bertz CT molecular complexity index is 1240. The molecule has 0 saturated heterocycles. The molecule has 8 atom stereocenters. The van der Waals surface area contributed by atoms with Crippen molar-refractivity contribution in [3.63, 3.8) is 0 Å². The zero-order chi connectivity index (χ0) is 43.6. The van der Waals surface area contributed by atoms with Crippen molar-refractivity contribution in [1.29, 1.82) is 0 Å². The van der Waals surface area contributed by atoms with Crippen molar-refractivity contribution in [2.75, 3.05) is 0 Å². The SMILES string of the molecule is CCCCCCC/C=C\C/C=C\CCCCCCCCCCCCCCCCCCCC(=O)OC1CCC2(C)C(=CCC3C2CCC2(C)C(C(C)CCCC(C)C)CCC32)C1. The van der Waals surface area contributed by atoms with E-state index >= 15 is 0 Å². The predicted octanol–water partition coefficient (Wildman–Crippen LogP) is 19.2. The van der Waals surface area contributed by atoms with E-state index < -0.39 is 0 Å². The Morgan fingerprint density at radius 2 is 1.20 bits per heavy atom. The summed E-state index contributed by atoms with van der Waals surface area (Å²) in [5, 5.41) is 0. The molecular weight excluding hydrogens is 741 g/mol. The lowest BCUT2D eigenvalue weighted by molar-refractivity contribution is -0.151. The first-order valence-corrected chi connectivity index (χ1v) is 27.9. The van der Waals surface area contributed by atoms with Gasteiger partial charge in [-0.15, -0.1) is 0 Å². The van der Waals surface area contributed by atoms with Gasteiger partial charge in [0, 0.05) is 12.8 Å². The normalized spacial score (nSPS) is 28.0. The highest BCUT2D eigenvalue weighted by molar-refractivity contribution is 5.69. The van der Waals surface area contributed by atoms with E-state index in [0.717, 1.165) is 61.2 Å². The molecule has 0 aromatic rings. The topological polar surface area (TPSA) is 26.3 Å². The standard InChI is InChI=1S/C59H104O2/c1-7-8-9-10-11-12-13-14-15-16-17-18-19-20-21-22-23-24-25-26-27-28-29-30-31-32-33-34-35-39-57(60)61-52-44-46-58(5)51(48-52)40-41-53-55-43-42-54(50(4)38-36-37-49(2)3)59(55,6)47-45-56(53)58/h13-14,16-17,40,49-50,52-56H,7-12,15,18-39,41-48H2,1-6H3/b14-13-,17-16-. The molecule has 3 saturated carbocycles. The van der Waals surface area contributed by atoms with Gasteiger partial charge in [0.05, 0.1) is 0 Å². The third kappa shape index (κ3) is 18.2. The first-order chi connectivity index (χ1) is 29.7. The number of carbonyl (C=O) groups is 1. The number of unbranched alkanes of at least 4 members (excludes halogenated alkanes) is 22. The summed E-state index contributed by atoms with van der Waals surface area (Å²) in [6.45, 7) is 15.0. The van der Waals surface area contributed by atoms with Gasteiger partial charge in [0.15, 0.2) is 0 Å². The van der Waals surface area contributed by atoms with E-state index in [4.69, 9.17) is 4.74 Å². The van der Waals surface area contributed by atoms with Crippen LogP contribution in [0.5, 0.6) is 0 Å². The quantitative estimate of drug-likeness (QED) is 0.0366. The van der Waals surface area contributed by atoms with E-state index in [1.54, 1.807) is 5.57 Å². The van der Waals surface area contributed by atoms with Crippen molar-refractivity contribution in [2.24, 2.45) is 46.3 Å². The molecule has 4 aliphatic carbocycles. The maximum atomic E-state index is 12.9. The first kappa shape index (κ1) is 52.3. The van der Waals surface area contributed by atoms with Crippen molar-refractivity contribution in [3.8, 4) is 0 Å². The summed E-state index contributed by atoms with van der Waals surface area (Å²) in [6, 6.07) is 0. The van der Waals surface area contributed by atoms with Gasteiger partial charge in [-0.2, -0.15) is 0 Å². The smallest absolute Gasteiger partial charge is 0.306 e. The third-order valence-corrected chi connectivity index (χ3v) is 17.4. The summed E-state index contributed by atoms with van der Waals surface area (Å²) in [5.74, 6) is 5.32. The van der Waals surface area contributed by atoms with Gasteiger partial charge in [-0.25, -0.2) is 0 Å². The van der Waals surface area contributed by atoms with Gasteiger partial charge in [0.25, 0.3) is 0 Å². The van der Waals surface area contributed by atoms with Gasteiger partial charge in [-0.3, -0.25) is 4.79 Å². The molecule has 2 nitrogen and oxygen atoms in total. The van der Waals surface area contributed by atoms with Crippen LogP contribution in [-0.4, -0.2) is 12.1 Å². The van der Waals surface area contributed by atoms with Crippen LogP contribution in [-0.2, 0) is 9.53 Å². The zero-order valence-electron chi connectivity index (χ0n) is 41.9. The molecule has 8 unspecified atom stereocenters. The van der Waals surface area contributed by atoms with Crippen LogP contribution in [0.15, 0.2) is 36.0 Å². The van der Waals surface area contributed by atoms with Gasteiger partial charge < -0.3 is 4.74 Å². The monoisotopic (exact) mass is 845 g/mol. The molecule has 0 aromatic carbocycles. The zero-order valence-corrected chi connectivity index (χ0v) is 41.9. The Balaban J connectivity index is 0.925. The number of hydrogen-bond donors (Lipinski definition) is 0. The van der Waals surface area contributed by atoms with Crippen LogP contribution >= 0.6 is 0 Å². The summed E-state index contributed by atoms with van der Waals surface area (Å²) in [4.78, 5) is 12.9. The minimum absolute atomic E-state index is 0.0664. The van der Waals surface area contributed by atoms with Crippen LogP contribution in [0.2, 0.25) is 0 Å². The summed E-state index contributed by atoms with van der Waals surface area (Å²) < 4.78 is 6.17. The Hall–Kier alpha value is -1.31. The van der Waals surface area contributed by atoms with Crippen LogP contribution in [0.4, 0.5) is 0 Å². The fourth-order valence-corrected chi connectivity index (χ4v) is 13.6. The fraction of sp³-hybridized carbons (Fsp3) is 0.881. The average molecular weight is 845 g/mol. The van der Waals surface area contributed by atoms with Crippen molar-refractivity contribution in [2.45, 2.75) is 285 Å². The maximum absolute atomic E-state index is 12.9. The molecule has 0 amide bonds. The third-order valence-electron chi connectivity index (χ3n) is 17.4. The second-order valence-corrected chi connectivity index (χ2v) is 22.6. The Labute approximate surface area is 381 Å². The fourth-order valence-electron chi connectivity index (χ4n) is 13.6. The Morgan fingerprint density at radius 3 is 1.77 bits per heavy atom. The second-order valence-electron chi connectivity index (χ2n) is 22.6. The number of ether oxygens (including phenoxy) is 1. The minimum Gasteiger partial charge on any atom is -0.462 e. The minimum atomic E-state index is 0.0664. The van der Waals surface area contributed by atoms with Gasteiger partial charge in [-0.1, -0.05) is 219 Å². The van der Waals surface area contributed by atoms with Crippen LogP contribution in [0, 0.1) is 46.3 Å². The number of allylic oxidation sites excluding steroid dienone is 5. The highest BCUT2D eigenvalue weighted by atomic mass is 16.5. The summed E-state index contributed by atoms with van der Waals surface area (Å²) in [5.41, 5.74) is 2.53. The lowest BCUT2D eigenvalue weighted by atomic mass is 9.47. The molecule has 0 N–H and O–H groups in total. The Kier molecular flexibility index (Phi) is 25.7. The van der Waals surface area contributed by atoms with Crippen LogP contribution < -0.4 is 0 Å². The summed E-state index contributed by atoms with van der Waals surface area (Å²) >= 11 is 0. The predicted molar refractivity (Wildman–Crippen MR) is 267 cm³/mol. The van der Waals surface area contributed by atoms with Gasteiger partial charge in [0.1, 0.15) is 6.10 Å². The molecule has 0 spiro atoms. The van der Waals surface area contributed by atoms with E-state index in [1.165, 1.54) is 205 Å². The van der Waals surface area contributed by atoms with Gasteiger partial charge in [0.2, 0.25) is 0 Å².